The lowest BCUT2D eigenvalue weighted by Gasteiger charge is -2.14. The maximum atomic E-state index is 11.8. The topological polar surface area (TPSA) is 112 Å². The number of fused-ring (bicyclic) bond motifs is 15. The van der Waals surface area contributed by atoms with Crippen molar-refractivity contribution in [2.24, 2.45) is 0 Å². The van der Waals surface area contributed by atoms with Gasteiger partial charge in [0.15, 0.2) is 0 Å². The molecular weight excluding hydrogens is 1650 g/mol. The molecule has 0 radical (unpaired) electrons. The fraction of sp³-hybridized carbons (Fsp3) is 0. The van der Waals surface area contributed by atoms with Gasteiger partial charge in [0.25, 0.3) is 0 Å². The number of hydrogen-bond acceptors (Lipinski definition) is 5. The van der Waals surface area contributed by atoms with E-state index in [0.717, 1.165) is 71.3 Å². The second-order valence-electron chi connectivity index (χ2n) is 32.3. The van der Waals surface area contributed by atoms with Gasteiger partial charge in [0.1, 0.15) is 0 Å². The summed E-state index contributed by atoms with van der Waals surface area (Å²) >= 11 is 19.4. The average Bonchev–Trinajstić information content (AvgIpc) is 0.759. The molecule has 0 unspecified atom stereocenters. The highest BCUT2D eigenvalue weighted by atomic mass is 32.1. The third kappa shape index (κ3) is 16.3. The molecule has 0 amide bonds. The Hall–Kier alpha value is -15.5. The molecule has 0 aliphatic carbocycles. The van der Waals surface area contributed by atoms with Crippen LogP contribution in [-0.4, -0.2) is 41.6 Å². The van der Waals surface area contributed by atoms with E-state index in [9.17, 15) is 24.6 Å². The smallest absolute Gasteiger partial charge is 0.336 e. The first-order valence-electron chi connectivity index (χ1n) is 42.4. The van der Waals surface area contributed by atoms with Gasteiger partial charge in [-0.1, -0.05) is 340 Å². The summed E-state index contributed by atoms with van der Waals surface area (Å²) in [5, 5.41) is 63.0. The SMILES string of the molecule is O=C(O)c1c2ccccc2cc2cc3ccccc3cc12.O=C(O)c1ccc(-c2c3ccccc3cc3cc4ccccc4cc23)cc1.O=C(O)c1ccc(-c2ccc(-c3c4ccccc4cc4cc5ccccc5cc34)cc2)cc1.S=C(S)c1c2ccccc2cc2cc3ccccc3cc12.S=C(S)c1ccc(-c2c3ccccc3cc3cc4ccccc4cc23)cc1. The van der Waals surface area contributed by atoms with Gasteiger partial charge in [-0.25, -0.2) is 14.4 Å². The van der Waals surface area contributed by atoms with Crippen LogP contribution in [0.15, 0.2) is 431 Å². The molecule has 129 heavy (non-hydrogen) atoms. The van der Waals surface area contributed by atoms with Gasteiger partial charge >= 0.3 is 17.9 Å². The summed E-state index contributed by atoms with van der Waals surface area (Å²) < 4.78 is 1.27. The van der Waals surface area contributed by atoms with E-state index in [2.05, 4.69) is 335 Å². The van der Waals surface area contributed by atoms with Crippen LogP contribution in [0, 0.1) is 0 Å². The fourth-order valence-electron chi connectivity index (χ4n) is 18.4. The quantitative estimate of drug-likeness (QED) is 0.0552. The number of carboxylic acid groups (broad SMARTS) is 3. The molecule has 0 atom stereocenters. The summed E-state index contributed by atoms with van der Waals surface area (Å²) in [5.41, 5.74) is 12.1. The van der Waals surface area contributed by atoms with E-state index < -0.39 is 17.9 Å². The Morgan fingerprint density at radius 1 is 0.171 bits per heavy atom. The van der Waals surface area contributed by atoms with E-state index in [1.54, 1.807) is 24.3 Å². The highest BCUT2D eigenvalue weighted by Crippen LogP contribution is 2.44. The van der Waals surface area contributed by atoms with Gasteiger partial charge in [-0.2, -0.15) is 0 Å². The molecule has 0 bridgehead atoms. The summed E-state index contributed by atoms with van der Waals surface area (Å²) in [7, 11) is 0. The maximum Gasteiger partial charge on any atom is 0.336 e. The number of carbonyl (C=O) groups is 3. The Morgan fingerprint density at radius 2 is 0.364 bits per heavy atom. The van der Waals surface area contributed by atoms with E-state index in [1.165, 1.54) is 146 Å². The molecule has 3 N–H and O–H groups in total. The lowest BCUT2D eigenvalue weighted by Crippen LogP contribution is -1.99. The monoisotopic (exact) mass is 1730 g/mol. The first-order valence-corrected chi connectivity index (χ1v) is 44.1. The van der Waals surface area contributed by atoms with Crippen molar-refractivity contribution >= 4 is 238 Å². The molecule has 0 aliphatic heterocycles. The van der Waals surface area contributed by atoms with Crippen molar-refractivity contribution in [3.05, 3.63) is 459 Å². The lowest BCUT2D eigenvalue weighted by molar-refractivity contribution is 0.0686. The van der Waals surface area contributed by atoms with E-state index >= 15 is 0 Å². The van der Waals surface area contributed by atoms with Crippen LogP contribution in [0.5, 0.6) is 0 Å². The van der Waals surface area contributed by atoms with Crippen molar-refractivity contribution in [3.8, 4) is 44.5 Å². The average molecular weight is 1730 g/mol. The Kier molecular flexibility index (Phi) is 22.3. The van der Waals surface area contributed by atoms with E-state index in [0.29, 0.717) is 25.1 Å². The minimum Gasteiger partial charge on any atom is -0.478 e. The molecule has 612 valence electrons. The largest absolute Gasteiger partial charge is 0.478 e. The molecule has 24 rings (SSSR count). The predicted molar refractivity (Wildman–Crippen MR) is 559 cm³/mol. The lowest BCUT2D eigenvalue weighted by atomic mass is 9.90. The zero-order valence-electron chi connectivity index (χ0n) is 69.3. The van der Waals surface area contributed by atoms with Crippen LogP contribution in [0.3, 0.4) is 0 Å². The molecular formula is C119H76O6S4. The Morgan fingerprint density at radius 3 is 0.636 bits per heavy atom. The minimum absolute atomic E-state index is 0.296. The van der Waals surface area contributed by atoms with Gasteiger partial charge in [-0.15, -0.1) is 25.3 Å². The van der Waals surface area contributed by atoms with Gasteiger partial charge in [0, 0.05) is 5.56 Å². The van der Waals surface area contributed by atoms with Crippen LogP contribution in [-0.2, 0) is 0 Å². The van der Waals surface area contributed by atoms with E-state index in [1.807, 2.05) is 97.1 Å². The second-order valence-corrected chi connectivity index (χ2v) is 34.6. The molecule has 0 spiro atoms. The van der Waals surface area contributed by atoms with Crippen molar-refractivity contribution in [2.45, 2.75) is 0 Å². The molecule has 24 aromatic rings. The summed E-state index contributed by atoms with van der Waals surface area (Å²) in [6, 6.07) is 148. The summed E-state index contributed by atoms with van der Waals surface area (Å²) in [6.45, 7) is 0. The molecule has 0 saturated carbocycles. The van der Waals surface area contributed by atoms with E-state index in [-0.39, 0.29) is 0 Å². The normalized spacial score (nSPS) is 11.3. The molecule has 0 fully saturated rings. The summed E-state index contributed by atoms with van der Waals surface area (Å²) in [4.78, 5) is 34.1. The van der Waals surface area contributed by atoms with Gasteiger partial charge in [0.05, 0.1) is 25.1 Å². The first kappa shape index (κ1) is 81.8. The number of carboxylic acids is 3. The van der Waals surface area contributed by atoms with Crippen LogP contribution < -0.4 is 0 Å². The van der Waals surface area contributed by atoms with Crippen molar-refractivity contribution in [2.75, 3.05) is 0 Å². The number of thiocarbonyl (C=S) groups is 2. The Bertz CT molecular complexity index is 8300. The number of aromatic carboxylic acids is 3. The molecule has 6 nitrogen and oxygen atoms in total. The zero-order valence-corrected chi connectivity index (χ0v) is 72.7. The summed E-state index contributed by atoms with van der Waals surface area (Å²) in [5.74, 6) is -2.70. The molecule has 0 heterocycles. The number of rotatable bonds is 9. The third-order valence-corrected chi connectivity index (χ3v) is 25.5. The van der Waals surface area contributed by atoms with Crippen LogP contribution >= 0.6 is 49.7 Å². The minimum atomic E-state index is -0.910. The summed E-state index contributed by atoms with van der Waals surface area (Å²) in [6.07, 6.45) is 0. The zero-order chi connectivity index (χ0) is 87.9. The van der Waals surface area contributed by atoms with Crippen molar-refractivity contribution in [1.82, 2.24) is 0 Å². The van der Waals surface area contributed by atoms with Gasteiger partial charge in [-0.3, -0.25) is 0 Å². The molecule has 10 heteroatoms. The van der Waals surface area contributed by atoms with E-state index in [4.69, 9.17) is 29.5 Å². The molecule has 0 saturated heterocycles. The van der Waals surface area contributed by atoms with Gasteiger partial charge < -0.3 is 15.3 Å². The van der Waals surface area contributed by atoms with Gasteiger partial charge in [-0.05, 0) is 327 Å². The second kappa shape index (κ2) is 35.1. The number of hydrogen-bond donors (Lipinski definition) is 5. The van der Waals surface area contributed by atoms with Crippen LogP contribution in [0.25, 0.3) is 206 Å². The van der Waals surface area contributed by atoms with Crippen LogP contribution in [0.1, 0.15) is 42.2 Å². The van der Waals surface area contributed by atoms with Crippen molar-refractivity contribution in [3.63, 3.8) is 0 Å². The standard InChI is InChI=1S/C31H20O2.C25H16O2.C25H16S2.C19H12O2.C19H12S2/c32-31(33)23-15-11-21(12-16-23)20-9-13-22(14-10-20)30-28-8-4-3-7-26(28)18-27-17-24-5-1-2-6-25(24)19-29(27)30;2*26-25(27)17-11-9-16(10-12-17)24-22-8-4-3-7-20(22)14-21-13-18-5-1-2-6-19(18)15-23(21)24;2*20-19(21)18-16-8-4-3-7-14(16)10-15-9-12-5-1-2-6-13(12)11-17(15)18/h1-19H,(H,32,33);2*1-15H,(H,26,27);2*1-11H,(H,20,21). The van der Waals surface area contributed by atoms with Gasteiger partial charge in [0.2, 0.25) is 0 Å². The first-order chi connectivity index (χ1) is 63.1. The number of thiol groups is 2. The van der Waals surface area contributed by atoms with Crippen LogP contribution in [0.4, 0.5) is 0 Å². The highest BCUT2D eigenvalue weighted by Gasteiger charge is 2.20. The molecule has 0 aliphatic rings. The van der Waals surface area contributed by atoms with Crippen molar-refractivity contribution in [1.29, 1.82) is 0 Å². The Balaban J connectivity index is 0.000000102. The Labute approximate surface area is 764 Å². The number of benzene rings is 24. The maximum absolute atomic E-state index is 11.8. The predicted octanol–water partition coefficient (Wildman–Crippen LogP) is 32.7. The third-order valence-electron chi connectivity index (χ3n) is 24.5. The molecule has 24 aromatic carbocycles. The van der Waals surface area contributed by atoms with Crippen molar-refractivity contribution < 1.29 is 29.7 Å². The molecule has 0 aromatic heterocycles. The fourth-order valence-corrected chi connectivity index (χ4v) is 19.1. The highest BCUT2D eigenvalue weighted by molar-refractivity contribution is 8.12. The van der Waals surface area contributed by atoms with Crippen LogP contribution in [0.2, 0.25) is 0 Å².